The first-order valence-corrected chi connectivity index (χ1v) is 11.2. The lowest BCUT2D eigenvalue weighted by molar-refractivity contribution is -0.144. The van der Waals surface area contributed by atoms with Crippen molar-refractivity contribution in [3.8, 4) is 0 Å². The number of nitrogens with zero attached hydrogens (tertiary/aromatic N) is 1. The number of pyridine rings is 1. The van der Waals surface area contributed by atoms with E-state index in [4.69, 9.17) is 13.8 Å². The highest BCUT2D eigenvalue weighted by Crippen LogP contribution is 2.60. The number of hydrogen-bond acceptors (Lipinski definition) is 10. The smallest absolute Gasteiger partial charge is 0.469 e. The van der Waals surface area contributed by atoms with Gasteiger partial charge in [-0.25, -0.2) is 0 Å². The highest BCUT2D eigenvalue weighted by Gasteiger charge is 2.59. The minimum atomic E-state index is -3.79. The van der Waals surface area contributed by atoms with E-state index in [2.05, 4.69) is 20.1 Å². The summed E-state index contributed by atoms with van der Waals surface area (Å²) in [5.74, 6) is -1.61. The summed E-state index contributed by atoms with van der Waals surface area (Å²) >= 11 is 0. The molecule has 0 saturated carbocycles. The van der Waals surface area contributed by atoms with Gasteiger partial charge >= 0.3 is 20.0 Å². The minimum absolute atomic E-state index is 0.000150. The molecule has 12 heteroatoms. The van der Waals surface area contributed by atoms with Crippen LogP contribution in [-0.2, 0) is 39.3 Å². The van der Waals surface area contributed by atoms with Crippen molar-refractivity contribution in [1.29, 1.82) is 0 Å². The summed E-state index contributed by atoms with van der Waals surface area (Å²) in [5.41, 5.74) is -0.0423. The molecule has 0 bridgehead atoms. The van der Waals surface area contributed by atoms with Crippen molar-refractivity contribution in [2.24, 2.45) is 5.41 Å². The molecule has 0 spiro atoms. The van der Waals surface area contributed by atoms with E-state index in [1.54, 1.807) is 38.4 Å². The Balaban J connectivity index is 2.10. The Labute approximate surface area is 181 Å². The van der Waals surface area contributed by atoms with Crippen molar-refractivity contribution in [2.75, 3.05) is 27.4 Å². The lowest BCUT2D eigenvalue weighted by Crippen LogP contribution is -2.53. The molecule has 2 heterocycles. The predicted octanol–water partition coefficient (Wildman–Crippen LogP) is 0.546. The van der Waals surface area contributed by atoms with Gasteiger partial charge in [-0.15, -0.1) is 9.61 Å². The third-order valence-electron chi connectivity index (χ3n) is 4.63. The summed E-state index contributed by atoms with van der Waals surface area (Å²) in [4.78, 5) is 51.1. The molecule has 1 saturated heterocycles. The van der Waals surface area contributed by atoms with E-state index in [-0.39, 0.29) is 26.0 Å². The van der Waals surface area contributed by atoms with Gasteiger partial charge in [0, 0.05) is 30.8 Å². The first-order valence-electron chi connectivity index (χ1n) is 9.64. The van der Waals surface area contributed by atoms with Crippen molar-refractivity contribution < 1.29 is 37.8 Å². The molecule has 1 aliphatic rings. The fraction of sp³-hybridized carbons (Fsp3) is 0.579. The first-order chi connectivity index (χ1) is 14.6. The van der Waals surface area contributed by atoms with Crippen molar-refractivity contribution in [1.82, 2.24) is 15.4 Å². The number of aromatic nitrogens is 1. The highest BCUT2D eigenvalue weighted by molar-refractivity contribution is 7.58. The average molecular weight is 458 g/mol. The molecule has 0 aromatic carbocycles. The van der Waals surface area contributed by atoms with Crippen molar-refractivity contribution in [3.63, 3.8) is 0 Å². The second-order valence-corrected chi connectivity index (χ2v) is 9.42. The number of nitrogens with one attached hydrogen (secondary N) is 2. The zero-order chi connectivity index (χ0) is 23.1. The second-order valence-electron chi connectivity index (χ2n) is 7.66. The molecule has 1 amide bonds. The lowest BCUT2D eigenvalue weighted by Gasteiger charge is -2.37. The maximum Gasteiger partial charge on any atom is 0.500 e. The number of ether oxygens (including phenoxy) is 2. The van der Waals surface area contributed by atoms with E-state index in [0.717, 1.165) is 5.56 Å². The molecular weight excluding hydrogens is 429 g/mol. The van der Waals surface area contributed by atoms with Gasteiger partial charge in [-0.1, -0.05) is 19.9 Å². The molecule has 31 heavy (non-hydrogen) atoms. The van der Waals surface area contributed by atoms with Crippen LogP contribution >= 0.6 is 8.09 Å². The van der Waals surface area contributed by atoms with Gasteiger partial charge in [-0.2, -0.15) is 9.42 Å². The Hall–Kier alpha value is -2.17. The van der Waals surface area contributed by atoms with Crippen molar-refractivity contribution >= 4 is 25.9 Å². The SMILES string of the molecule is COC(=O)CCNC(=O)[C@@H]1O[P+](O)(N[C@@H](Cc2cccnc2)C(=O)OC)OCC1(C)C. The lowest BCUT2D eigenvalue weighted by atomic mass is 9.87. The molecule has 172 valence electrons. The molecule has 0 aliphatic carbocycles. The van der Waals surface area contributed by atoms with Crippen LogP contribution in [0.2, 0.25) is 0 Å². The summed E-state index contributed by atoms with van der Waals surface area (Å²) in [7, 11) is -1.31. The summed E-state index contributed by atoms with van der Waals surface area (Å²) in [5, 5.41) is 5.30. The van der Waals surface area contributed by atoms with Gasteiger partial charge in [0.2, 0.25) is 0 Å². The zero-order valence-electron chi connectivity index (χ0n) is 18.0. The summed E-state index contributed by atoms with van der Waals surface area (Å²) < 4.78 is 20.6. The predicted molar refractivity (Wildman–Crippen MR) is 110 cm³/mol. The molecule has 1 fully saturated rings. The normalized spacial score (nSPS) is 23.5. The molecule has 3 atom stereocenters. The van der Waals surface area contributed by atoms with E-state index in [9.17, 15) is 19.3 Å². The van der Waals surface area contributed by atoms with E-state index in [0.29, 0.717) is 0 Å². The molecule has 0 radical (unpaired) electrons. The number of esters is 2. The van der Waals surface area contributed by atoms with E-state index >= 15 is 0 Å². The number of carbonyl (C=O) groups is 3. The van der Waals surface area contributed by atoms with Crippen molar-refractivity contribution in [3.05, 3.63) is 30.1 Å². The molecule has 3 N–H and O–H groups in total. The van der Waals surface area contributed by atoms with Crippen LogP contribution in [0.25, 0.3) is 0 Å². The molecule has 1 unspecified atom stereocenters. The van der Waals surface area contributed by atoms with Crippen LogP contribution in [0, 0.1) is 5.41 Å². The Morgan fingerprint density at radius 1 is 1.35 bits per heavy atom. The van der Waals surface area contributed by atoms with Crippen LogP contribution in [0.15, 0.2) is 24.5 Å². The quantitative estimate of drug-likeness (QED) is 0.354. The molecule has 1 aromatic heterocycles. The number of amides is 1. The molecule has 1 aromatic rings. The van der Waals surface area contributed by atoms with Crippen LogP contribution in [-0.4, -0.2) is 67.2 Å². The largest absolute Gasteiger partial charge is 0.500 e. The van der Waals surface area contributed by atoms with Crippen LogP contribution in [0.4, 0.5) is 0 Å². The third-order valence-corrected chi connectivity index (χ3v) is 6.24. The topological polar surface area (TPSA) is 145 Å². The molecule has 1 aliphatic heterocycles. The zero-order valence-corrected chi connectivity index (χ0v) is 18.9. The Morgan fingerprint density at radius 2 is 2.10 bits per heavy atom. The van der Waals surface area contributed by atoms with Crippen LogP contribution < -0.4 is 10.4 Å². The minimum Gasteiger partial charge on any atom is -0.469 e. The Morgan fingerprint density at radius 3 is 2.71 bits per heavy atom. The maximum absolute atomic E-state index is 12.7. The highest BCUT2D eigenvalue weighted by atomic mass is 31.2. The van der Waals surface area contributed by atoms with Crippen molar-refractivity contribution in [2.45, 2.75) is 38.8 Å². The number of carbonyl (C=O) groups excluding carboxylic acids is 3. The fourth-order valence-corrected chi connectivity index (χ4v) is 4.84. The standard InChI is InChI=1S/C19H28N3O8P/c1-19(2)12-29-31(26,30-16(19)17(24)21-9-7-15(23)27-3)22-14(18(25)28-4)10-13-6-5-8-20-11-13/h5-6,8,11,14,16,22,26H,7,9-10,12H2,1-4H3/p+1/t14-,16-,31?/m0/s1. The van der Waals surface area contributed by atoms with Gasteiger partial charge in [0.05, 0.1) is 20.6 Å². The fourth-order valence-electron chi connectivity index (χ4n) is 2.87. The van der Waals surface area contributed by atoms with E-state index in [1.165, 1.54) is 14.2 Å². The number of hydrogen-bond donors (Lipinski definition) is 3. The second kappa shape index (κ2) is 10.9. The Kier molecular flexibility index (Phi) is 8.84. The summed E-state index contributed by atoms with van der Waals surface area (Å²) in [6.07, 6.45) is 2.27. The van der Waals surface area contributed by atoms with Gasteiger partial charge in [0.1, 0.15) is 6.61 Å². The molecule has 11 nitrogen and oxygen atoms in total. The van der Waals surface area contributed by atoms with Gasteiger partial charge in [-0.3, -0.25) is 19.4 Å². The van der Waals surface area contributed by atoms with E-state index in [1.807, 2.05) is 0 Å². The van der Waals surface area contributed by atoms with Crippen LogP contribution in [0.1, 0.15) is 25.8 Å². The molecular formula is C19H29N3O8P+. The first kappa shape index (κ1) is 25.1. The monoisotopic (exact) mass is 458 g/mol. The van der Waals surface area contributed by atoms with Gasteiger partial charge in [0.15, 0.2) is 12.1 Å². The third kappa shape index (κ3) is 7.19. The van der Waals surface area contributed by atoms with Gasteiger partial charge in [-0.05, 0) is 11.6 Å². The van der Waals surface area contributed by atoms with Gasteiger partial charge < -0.3 is 14.8 Å². The van der Waals surface area contributed by atoms with Gasteiger partial charge in [0.25, 0.3) is 5.91 Å². The average Bonchev–Trinajstić information content (AvgIpc) is 2.75. The Bertz CT molecular complexity index is 779. The summed E-state index contributed by atoms with van der Waals surface area (Å²) in [6, 6.07) is 2.51. The number of methoxy groups -OCH3 is 2. The molecule has 2 rings (SSSR count). The van der Waals surface area contributed by atoms with Crippen LogP contribution in [0.3, 0.4) is 0 Å². The van der Waals surface area contributed by atoms with Crippen LogP contribution in [0.5, 0.6) is 0 Å². The van der Waals surface area contributed by atoms with E-state index < -0.39 is 43.5 Å². The maximum atomic E-state index is 12.7. The number of rotatable bonds is 9. The summed E-state index contributed by atoms with van der Waals surface area (Å²) in [6.45, 7) is 3.54.